The number of hydrogen-bond donors (Lipinski definition) is 0. The van der Waals surface area contributed by atoms with E-state index in [-0.39, 0.29) is 152 Å². The predicted octanol–water partition coefficient (Wildman–Crippen LogP) is 9.47. The van der Waals surface area contributed by atoms with Crippen LogP contribution in [0.2, 0.25) is 6.32 Å². The molecule has 0 amide bonds. The van der Waals surface area contributed by atoms with Gasteiger partial charge in [0.25, 0.3) is 0 Å². The summed E-state index contributed by atoms with van der Waals surface area (Å²) in [5, 5.41) is 0. The topological polar surface area (TPSA) is 156 Å². The molecule has 4 rings (SSSR count). The Balaban J connectivity index is 0.000000968. The minimum atomic E-state index is -0.455. The first-order valence-corrected chi connectivity index (χ1v) is 29.9. The second-order valence-electron chi connectivity index (χ2n) is 24.1. The highest BCUT2D eigenvalue weighted by Gasteiger charge is 2.45. The van der Waals surface area contributed by atoms with Crippen LogP contribution in [0.15, 0.2) is 0 Å². The largest absolute Gasteiger partial charge is 0.379 e. The number of methoxy groups -OCH3 is 2. The lowest BCUT2D eigenvalue weighted by Crippen LogP contribution is -2.40. The van der Waals surface area contributed by atoms with E-state index in [1.165, 1.54) is 0 Å². The van der Waals surface area contributed by atoms with Gasteiger partial charge in [0.2, 0.25) is 0 Å². The Morgan fingerprint density at radius 2 is 1.00 bits per heavy atom. The molecule has 3 saturated heterocycles. The van der Waals surface area contributed by atoms with Crippen molar-refractivity contribution in [3.8, 4) is 0 Å². The fourth-order valence-electron chi connectivity index (χ4n) is 9.39. The van der Waals surface area contributed by atoms with Crippen molar-refractivity contribution in [3.05, 3.63) is 0 Å². The molecule has 4 aliphatic rings. The summed E-state index contributed by atoms with van der Waals surface area (Å²) in [4.78, 5) is 11.6. The Morgan fingerprint density at radius 1 is 0.519 bits per heavy atom. The van der Waals surface area contributed by atoms with E-state index in [2.05, 4.69) is 6.92 Å². The van der Waals surface area contributed by atoms with E-state index in [0.29, 0.717) is 45.3 Å². The Hall–Kier alpha value is -0.735. The van der Waals surface area contributed by atoms with Crippen LogP contribution in [-0.4, -0.2) is 217 Å². The first-order chi connectivity index (χ1) is 36.8. The van der Waals surface area contributed by atoms with Gasteiger partial charge in [-0.2, -0.15) is 0 Å². The molecule has 1 saturated carbocycles. The van der Waals surface area contributed by atoms with Gasteiger partial charge in [-0.05, 0) is 171 Å². The van der Waals surface area contributed by atoms with E-state index in [4.69, 9.17) is 94.6 Å². The lowest BCUT2D eigenvalue weighted by molar-refractivity contribution is -0.123. The minimum Gasteiger partial charge on any atom is -0.379 e. The van der Waals surface area contributed by atoms with Gasteiger partial charge in [0.05, 0.1) is 126 Å². The van der Waals surface area contributed by atoms with Crippen molar-refractivity contribution in [3.63, 3.8) is 0 Å². The van der Waals surface area contributed by atoms with E-state index < -0.39 is 6.00 Å². The van der Waals surface area contributed by atoms with Gasteiger partial charge in [-0.3, -0.25) is 4.79 Å². The molecule has 16 atom stereocenters. The molecular formula is C60H117B3O16. The number of ketones is 1. The fraction of sp³-hybridized carbons (Fsp3) is 0.983. The zero-order valence-corrected chi connectivity index (χ0v) is 54.4. The van der Waals surface area contributed by atoms with Gasteiger partial charge < -0.3 is 71.1 Å². The SMILES string of the molecule is CC(=O)C1C[C@H](OC(C)C)C[C@H]1COC(C)C.CO[C@@H]1CO[C@H](COC(C)C)C1OC(C)C.[B]CC(COC(C)C)OC(C)C.[B][C@@H]1O[C@H](C(C)OC(C)C)C(OC(C)C)[C@@H]1C.[B][C@@H]1O[C@H](COC(C)C)C(OC)[C@@H]1OC(C)C. The molecule has 16 nitrogen and oxygen atoms in total. The third-order valence-corrected chi connectivity index (χ3v) is 12.9. The van der Waals surface area contributed by atoms with Crippen LogP contribution < -0.4 is 0 Å². The first kappa shape index (κ1) is 78.3. The Labute approximate surface area is 487 Å². The minimum absolute atomic E-state index is 0.00486. The van der Waals surface area contributed by atoms with Gasteiger partial charge in [0.1, 0.15) is 64.2 Å². The van der Waals surface area contributed by atoms with Crippen molar-refractivity contribution in [2.24, 2.45) is 17.8 Å². The quantitative estimate of drug-likeness (QED) is 0.0653. The molecule has 3 heterocycles. The van der Waals surface area contributed by atoms with Crippen molar-refractivity contribution < 1.29 is 75.8 Å². The molecule has 0 aromatic heterocycles. The summed E-state index contributed by atoms with van der Waals surface area (Å²) in [6, 6.07) is -0.718. The van der Waals surface area contributed by atoms with Gasteiger partial charge in [-0.15, -0.1) is 0 Å². The average molecular weight is 1130 g/mol. The predicted molar refractivity (Wildman–Crippen MR) is 317 cm³/mol. The highest BCUT2D eigenvalue weighted by molar-refractivity contribution is 6.11. The van der Waals surface area contributed by atoms with Crippen LogP contribution in [0.3, 0.4) is 0 Å². The zero-order valence-electron chi connectivity index (χ0n) is 54.4. The van der Waals surface area contributed by atoms with Gasteiger partial charge in [0.15, 0.2) is 0 Å². The van der Waals surface area contributed by atoms with Crippen molar-refractivity contribution >= 4 is 29.3 Å². The molecule has 4 fully saturated rings. The Morgan fingerprint density at radius 3 is 1.44 bits per heavy atom. The van der Waals surface area contributed by atoms with Crippen LogP contribution in [0, 0.1) is 17.8 Å². The molecule has 0 N–H and O–H groups in total. The summed E-state index contributed by atoms with van der Waals surface area (Å²) in [7, 11) is 20.7. The maximum absolute atomic E-state index is 11.6. The summed E-state index contributed by atoms with van der Waals surface area (Å²) < 4.78 is 84.6. The monoisotopic (exact) mass is 1130 g/mol. The molecule has 0 aromatic carbocycles. The van der Waals surface area contributed by atoms with E-state index in [1.54, 1.807) is 21.1 Å². The molecule has 19 heteroatoms. The van der Waals surface area contributed by atoms with Crippen LogP contribution in [0.4, 0.5) is 0 Å². The van der Waals surface area contributed by atoms with Crippen LogP contribution >= 0.6 is 0 Å². The standard InChI is InChI=1S/C14H26O3.C13H25BO3.C12H23BO4.C12H24O4.C9H19BO2/c1-9(2)16-8-12-6-13(17-10(3)4)7-14(12)11(5)15;1-7(2)15-10(6)12-11(16-8(3)4)9(5)13(14)17-12;1-7(2)15-6-9-10(14-5)11(12(13)17-9)16-8(3)4;1-8(2)14-7-11-12(16-9(3)4)10(13-5)6-15-11;1-7(2)11-6-9(5-10)12-8(3)4/h9-10,12-14H,6-8H2,1-5H3;7-13H,1-6H3;7-12H,6H2,1-5H3;8-12H,6-7H2,1-5H3;7-9H,5-6H2,1-4H3/t12-,13+,14?;9-,10?,11?,12+,13+;9-,10?,11+,12-;10-,11-,12?;/m0011./s1. The van der Waals surface area contributed by atoms with Crippen molar-refractivity contribution in [1.29, 1.82) is 0 Å². The zero-order chi connectivity index (χ0) is 60.9. The molecule has 462 valence electrons. The van der Waals surface area contributed by atoms with Gasteiger partial charge in [0, 0.05) is 38.1 Å². The molecule has 0 aromatic rings. The molecule has 79 heavy (non-hydrogen) atoms. The number of Topliss-reactive ketones (excluding diaryl/α,β-unsaturated/α-hetero) is 1. The molecule has 3 aliphatic heterocycles. The van der Waals surface area contributed by atoms with Crippen LogP contribution in [0.5, 0.6) is 0 Å². The summed E-state index contributed by atoms with van der Waals surface area (Å²) in [5.41, 5.74) is 0. The summed E-state index contributed by atoms with van der Waals surface area (Å²) >= 11 is 0. The van der Waals surface area contributed by atoms with Crippen molar-refractivity contribution in [2.45, 2.75) is 319 Å². The Kier molecular flexibility index (Phi) is 41.8. The third-order valence-electron chi connectivity index (χ3n) is 12.9. The normalized spacial score (nSPS) is 29.6. The molecular weight excluding hydrogens is 1010 g/mol. The number of rotatable bonds is 29. The van der Waals surface area contributed by atoms with E-state index in [1.807, 2.05) is 145 Å². The van der Waals surface area contributed by atoms with Crippen LogP contribution in [-0.2, 0) is 75.8 Å². The van der Waals surface area contributed by atoms with Gasteiger partial charge in [-0.1, -0.05) is 13.2 Å². The van der Waals surface area contributed by atoms with E-state index in [0.717, 1.165) is 12.8 Å². The van der Waals surface area contributed by atoms with Crippen LogP contribution in [0.1, 0.15) is 172 Å². The Bertz CT molecular complexity index is 1490. The van der Waals surface area contributed by atoms with Crippen molar-refractivity contribution in [1.82, 2.24) is 0 Å². The number of carbonyl (C=O) groups is 1. The molecule has 6 radical (unpaired) electrons. The second-order valence-corrected chi connectivity index (χ2v) is 24.1. The number of carbonyl (C=O) groups excluding carboxylic acids is 1. The summed E-state index contributed by atoms with van der Waals surface area (Å²) in [5.74, 6) is 0.925. The first-order valence-electron chi connectivity index (χ1n) is 29.9. The van der Waals surface area contributed by atoms with Crippen molar-refractivity contribution in [2.75, 3.05) is 47.3 Å². The lowest BCUT2D eigenvalue weighted by Gasteiger charge is -2.29. The average Bonchev–Trinajstić information content (AvgIpc) is 4.08. The molecule has 1 aliphatic carbocycles. The maximum atomic E-state index is 11.6. The third kappa shape index (κ3) is 33.5. The maximum Gasteiger partial charge on any atom is 0.133 e. The highest BCUT2D eigenvalue weighted by Crippen LogP contribution is 2.36. The lowest BCUT2D eigenvalue weighted by atomic mass is 9.85. The summed E-state index contributed by atoms with van der Waals surface area (Å²) in [6.07, 6.45) is 3.84. The van der Waals surface area contributed by atoms with Gasteiger partial charge in [-0.25, -0.2) is 0 Å². The van der Waals surface area contributed by atoms with E-state index in [9.17, 15) is 4.79 Å². The number of hydrogen-bond acceptors (Lipinski definition) is 16. The van der Waals surface area contributed by atoms with Crippen LogP contribution in [0.25, 0.3) is 0 Å². The van der Waals surface area contributed by atoms with E-state index >= 15 is 0 Å². The number of ether oxygens (including phenoxy) is 15. The smallest absolute Gasteiger partial charge is 0.133 e. The second kappa shape index (κ2) is 42.1. The fourth-order valence-corrected chi connectivity index (χ4v) is 9.39. The molecule has 0 spiro atoms. The highest BCUT2D eigenvalue weighted by atomic mass is 16.6. The molecule has 0 bridgehead atoms. The molecule has 6 unspecified atom stereocenters. The summed E-state index contributed by atoms with van der Waals surface area (Å²) in [6.45, 7) is 48.9. The van der Waals surface area contributed by atoms with Gasteiger partial charge >= 0.3 is 0 Å².